The minimum absolute atomic E-state index is 0.0781. The Morgan fingerprint density at radius 2 is 2.00 bits per heavy atom. The fourth-order valence-electron chi connectivity index (χ4n) is 5.65. The summed E-state index contributed by atoms with van der Waals surface area (Å²) in [5.74, 6) is 1.98. The fraction of sp³-hybridized carbons (Fsp3) is 0.462. The lowest BCUT2D eigenvalue weighted by molar-refractivity contribution is 0.0291. The normalized spacial score (nSPS) is 18.3. The van der Waals surface area contributed by atoms with Gasteiger partial charge in [0.15, 0.2) is 0 Å². The third kappa shape index (κ3) is 3.71. The van der Waals surface area contributed by atoms with Crippen LogP contribution in [-0.2, 0) is 6.42 Å². The number of rotatable bonds is 6. The number of nitrogens with zero attached hydrogens (tertiary/aromatic N) is 2. The van der Waals surface area contributed by atoms with Gasteiger partial charge in [0.25, 0.3) is 5.91 Å². The Balaban J connectivity index is 1.70. The highest BCUT2D eigenvalue weighted by molar-refractivity contribution is 6.00. The number of amides is 1. The molecule has 1 unspecified atom stereocenters. The van der Waals surface area contributed by atoms with Gasteiger partial charge in [0.1, 0.15) is 11.4 Å². The van der Waals surface area contributed by atoms with Crippen molar-refractivity contribution in [3.8, 4) is 5.75 Å². The zero-order chi connectivity index (χ0) is 22.2. The van der Waals surface area contributed by atoms with Crippen LogP contribution in [0.25, 0.3) is 10.9 Å². The van der Waals surface area contributed by atoms with Gasteiger partial charge in [-0.2, -0.15) is 0 Å². The molecule has 31 heavy (non-hydrogen) atoms. The summed E-state index contributed by atoms with van der Waals surface area (Å²) in [6, 6.07) is 11.9. The summed E-state index contributed by atoms with van der Waals surface area (Å²) in [7, 11) is 1.66. The molecule has 0 aliphatic carbocycles. The van der Waals surface area contributed by atoms with Crippen molar-refractivity contribution in [3.63, 3.8) is 0 Å². The van der Waals surface area contributed by atoms with E-state index in [1.54, 1.807) is 7.11 Å². The average Bonchev–Trinajstić information content (AvgIpc) is 3.36. The molecule has 1 saturated heterocycles. The first-order valence-corrected chi connectivity index (χ1v) is 11.2. The molecule has 0 saturated carbocycles. The van der Waals surface area contributed by atoms with Gasteiger partial charge in [0.2, 0.25) is 0 Å². The number of nitrogens with one attached hydrogen (secondary N) is 1. The SMILES string of the molecule is COc1cccc2[nH]c(C(=O)N3CC(Cc4cccnc4)CC3(C(C)C)C(C)C)cc12. The van der Waals surface area contributed by atoms with E-state index in [4.69, 9.17) is 4.74 Å². The molecule has 3 aromatic rings. The molecule has 2 aromatic heterocycles. The molecule has 3 heterocycles. The quantitative estimate of drug-likeness (QED) is 0.588. The molecular weight excluding hydrogens is 386 g/mol. The van der Waals surface area contributed by atoms with Crippen LogP contribution in [0, 0.1) is 17.8 Å². The van der Waals surface area contributed by atoms with Gasteiger partial charge in [-0.3, -0.25) is 9.78 Å². The number of ether oxygens (including phenoxy) is 1. The Hall–Kier alpha value is -2.82. The van der Waals surface area contributed by atoms with Crippen molar-refractivity contribution in [2.24, 2.45) is 17.8 Å². The average molecular weight is 420 g/mol. The Morgan fingerprint density at radius 1 is 1.23 bits per heavy atom. The van der Waals surface area contributed by atoms with Gasteiger partial charge in [-0.25, -0.2) is 0 Å². The number of hydrogen-bond acceptors (Lipinski definition) is 3. The van der Waals surface area contributed by atoms with E-state index in [9.17, 15) is 4.79 Å². The Kier molecular flexibility index (Phi) is 5.78. The number of aromatic amines is 1. The fourth-order valence-corrected chi connectivity index (χ4v) is 5.65. The van der Waals surface area contributed by atoms with Crippen molar-refractivity contribution in [2.45, 2.75) is 46.1 Å². The van der Waals surface area contributed by atoms with Gasteiger partial charge in [-0.05, 0) is 60.4 Å². The molecule has 1 fully saturated rings. The van der Waals surface area contributed by atoms with Gasteiger partial charge in [-0.15, -0.1) is 0 Å². The van der Waals surface area contributed by atoms with E-state index < -0.39 is 0 Å². The van der Waals surface area contributed by atoms with E-state index in [0.717, 1.165) is 36.0 Å². The zero-order valence-corrected chi connectivity index (χ0v) is 19.2. The van der Waals surface area contributed by atoms with Crippen LogP contribution in [0.5, 0.6) is 5.75 Å². The van der Waals surface area contributed by atoms with Crippen LogP contribution < -0.4 is 4.74 Å². The first-order chi connectivity index (χ1) is 14.9. The van der Waals surface area contributed by atoms with Crippen LogP contribution in [0.1, 0.15) is 50.2 Å². The molecule has 164 valence electrons. The topological polar surface area (TPSA) is 58.2 Å². The number of H-pyrrole nitrogens is 1. The smallest absolute Gasteiger partial charge is 0.270 e. The molecular formula is C26H33N3O2. The maximum atomic E-state index is 13.9. The van der Waals surface area contributed by atoms with Crippen LogP contribution in [0.4, 0.5) is 0 Å². The number of pyridine rings is 1. The summed E-state index contributed by atoms with van der Waals surface area (Å²) in [6.07, 6.45) is 5.71. The molecule has 0 spiro atoms. The third-order valence-corrected chi connectivity index (χ3v) is 7.13. The lowest BCUT2D eigenvalue weighted by atomic mass is 9.73. The van der Waals surface area contributed by atoms with Crippen molar-refractivity contribution >= 4 is 16.8 Å². The van der Waals surface area contributed by atoms with Crippen molar-refractivity contribution in [1.29, 1.82) is 0 Å². The Labute approximate surface area is 184 Å². The van der Waals surface area contributed by atoms with E-state index in [1.807, 2.05) is 42.7 Å². The molecule has 1 aliphatic heterocycles. The number of fused-ring (bicyclic) bond motifs is 1. The second-order valence-corrected chi connectivity index (χ2v) is 9.46. The highest BCUT2D eigenvalue weighted by Gasteiger charge is 2.51. The summed E-state index contributed by atoms with van der Waals surface area (Å²) < 4.78 is 5.50. The van der Waals surface area contributed by atoms with E-state index in [-0.39, 0.29) is 11.4 Å². The van der Waals surface area contributed by atoms with Crippen molar-refractivity contribution in [3.05, 3.63) is 60.0 Å². The van der Waals surface area contributed by atoms with Crippen molar-refractivity contribution in [2.75, 3.05) is 13.7 Å². The van der Waals surface area contributed by atoms with Crippen LogP contribution in [-0.4, -0.2) is 40.0 Å². The lowest BCUT2D eigenvalue weighted by Crippen LogP contribution is -2.54. The molecule has 1 amide bonds. The van der Waals surface area contributed by atoms with Gasteiger partial charge >= 0.3 is 0 Å². The van der Waals surface area contributed by atoms with Crippen molar-refractivity contribution < 1.29 is 9.53 Å². The van der Waals surface area contributed by atoms with Gasteiger partial charge in [0.05, 0.1) is 7.11 Å². The predicted molar refractivity (Wildman–Crippen MR) is 124 cm³/mol. The second kappa shape index (κ2) is 8.37. The van der Waals surface area contributed by atoms with Crippen molar-refractivity contribution in [1.82, 2.24) is 14.9 Å². The number of likely N-dealkylation sites (tertiary alicyclic amines) is 1. The molecule has 5 heteroatoms. The summed E-state index contributed by atoms with van der Waals surface area (Å²) in [4.78, 5) is 23.7. The molecule has 4 rings (SSSR count). The molecule has 1 atom stereocenters. The third-order valence-electron chi connectivity index (χ3n) is 7.13. The molecule has 0 radical (unpaired) electrons. The number of aromatic nitrogens is 2. The van der Waals surface area contributed by atoms with Crippen LogP contribution in [0.15, 0.2) is 48.8 Å². The largest absolute Gasteiger partial charge is 0.496 e. The zero-order valence-electron chi connectivity index (χ0n) is 19.2. The maximum absolute atomic E-state index is 13.9. The first-order valence-electron chi connectivity index (χ1n) is 11.2. The van der Waals surface area contributed by atoms with E-state index in [1.165, 1.54) is 5.56 Å². The Bertz CT molecular complexity index is 1050. The first kappa shape index (κ1) is 21.4. The van der Waals surface area contributed by atoms with Crippen LogP contribution in [0.3, 0.4) is 0 Å². The van der Waals surface area contributed by atoms with E-state index in [0.29, 0.717) is 23.4 Å². The van der Waals surface area contributed by atoms with E-state index in [2.05, 4.69) is 48.6 Å². The van der Waals surface area contributed by atoms with Crippen LogP contribution >= 0.6 is 0 Å². The minimum Gasteiger partial charge on any atom is -0.496 e. The second-order valence-electron chi connectivity index (χ2n) is 9.46. The number of hydrogen-bond donors (Lipinski definition) is 1. The number of carbonyl (C=O) groups is 1. The number of methoxy groups -OCH3 is 1. The predicted octanol–water partition coefficient (Wildman–Crippen LogP) is 5.33. The van der Waals surface area contributed by atoms with Crippen LogP contribution in [0.2, 0.25) is 0 Å². The molecule has 0 bridgehead atoms. The highest BCUT2D eigenvalue weighted by Crippen LogP contribution is 2.46. The summed E-state index contributed by atoms with van der Waals surface area (Å²) >= 11 is 0. The Morgan fingerprint density at radius 3 is 2.65 bits per heavy atom. The monoisotopic (exact) mass is 419 g/mol. The van der Waals surface area contributed by atoms with E-state index >= 15 is 0 Å². The van der Waals surface area contributed by atoms with Gasteiger partial charge < -0.3 is 14.6 Å². The molecule has 1 aliphatic rings. The summed E-state index contributed by atoms with van der Waals surface area (Å²) in [5.41, 5.74) is 2.62. The standard InChI is InChI=1S/C26H33N3O2/c1-17(2)26(18(3)4)14-20(12-19-8-7-11-27-15-19)16-29(26)25(30)23-13-21-22(28-23)9-6-10-24(21)31-5/h6-11,13,15,17-18,20,28H,12,14,16H2,1-5H3. The molecule has 1 N–H and O–H groups in total. The van der Waals surface area contributed by atoms with Gasteiger partial charge in [-0.1, -0.05) is 39.8 Å². The lowest BCUT2D eigenvalue weighted by Gasteiger charge is -2.45. The summed E-state index contributed by atoms with van der Waals surface area (Å²) in [6.45, 7) is 9.76. The number of carbonyl (C=O) groups excluding carboxylic acids is 1. The minimum atomic E-state index is -0.175. The molecule has 5 nitrogen and oxygen atoms in total. The molecule has 1 aromatic carbocycles. The number of benzene rings is 1. The summed E-state index contributed by atoms with van der Waals surface area (Å²) in [5, 5.41) is 0.944. The van der Waals surface area contributed by atoms with Gasteiger partial charge in [0, 0.05) is 35.4 Å². The highest BCUT2D eigenvalue weighted by atomic mass is 16.5. The maximum Gasteiger partial charge on any atom is 0.270 e.